The van der Waals surface area contributed by atoms with E-state index in [2.05, 4.69) is 10.0 Å². The van der Waals surface area contributed by atoms with Crippen molar-refractivity contribution in [1.82, 2.24) is 0 Å². The monoisotopic (exact) mass is 485 g/mol. The number of nitrogens with one attached hydrogen (secondary N) is 2. The fourth-order valence-corrected chi connectivity index (χ4v) is 4.28. The van der Waals surface area contributed by atoms with Crippen LogP contribution < -0.4 is 10.0 Å². The van der Waals surface area contributed by atoms with Gasteiger partial charge in [0, 0.05) is 24.4 Å². The predicted octanol–water partition coefficient (Wildman–Crippen LogP) is 5.97. The highest BCUT2D eigenvalue weighted by molar-refractivity contribution is 7.92. The van der Waals surface area contributed by atoms with Gasteiger partial charge in [-0.25, -0.2) is 8.42 Å². The second-order valence-corrected chi connectivity index (χ2v) is 9.00. The van der Waals surface area contributed by atoms with Crippen LogP contribution in [0.5, 0.6) is 0 Å². The van der Waals surface area contributed by atoms with Gasteiger partial charge in [0.1, 0.15) is 0 Å². The molecule has 0 bridgehead atoms. The Morgan fingerprint density at radius 3 is 2.13 bits per heavy atom. The molecule has 0 heterocycles. The highest BCUT2D eigenvalue weighted by Crippen LogP contribution is 2.33. The smallest absolute Gasteiger partial charge is 0.269 e. The first-order chi connectivity index (χ1) is 14.2. The molecule has 0 aliphatic rings. The summed E-state index contributed by atoms with van der Waals surface area (Å²) < 4.78 is 27.9. The molecule has 0 radical (unpaired) electrons. The summed E-state index contributed by atoms with van der Waals surface area (Å²) in [5.41, 5.74) is 1.43. The van der Waals surface area contributed by atoms with Gasteiger partial charge < -0.3 is 5.32 Å². The molecule has 0 aliphatic heterocycles. The third-order valence-corrected chi connectivity index (χ3v) is 6.66. The Kier molecular flexibility index (Phi) is 6.72. The second kappa shape index (κ2) is 9.09. The molecule has 0 amide bonds. The number of halogens is 3. The van der Waals surface area contributed by atoms with Gasteiger partial charge in [-0.2, -0.15) is 0 Å². The van der Waals surface area contributed by atoms with E-state index in [9.17, 15) is 18.5 Å². The fourth-order valence-electron chi connectivity index (χ4n) is 2.58. The molecule has 3 aromatic rings. The van der Waals surface area contributed by atoms with Crippen LogP contribution in [0.1, 0.15) is 5.56 Å². The van der Waals surface area contributed by atoms with Gasteiger partial charge in [-0.05, 0) is 35.9 Å². The van der Waals surface area contributed by atoms with Crippen LogP contribution in [-0.4, -0.2) is 13.3 Å². The minimum absolute atomic E-state index is 0.0906. The van der Waals surface area contributed by atoms with E-state index >= 15 is 0 Å². The number of anilines is 2. The molecule has 0 fully saturated rings. The van der Waals surface area contributed by atoms with E-state index in [1.165, 1.54) is 12.1 Å². The van der Waals surface area contributed by atoms with Crippen LogP contribution in [0, 0.1) is 10.1 Å². The third-order valence-electron chi connectivity index (χ3n) is 4.09. The molecule has 0 unspecified atom stereocenters. The lowest BCUT2D eigenvalue weighted by molar-refractivity contribution is -0.384. The van der Waals surface area contributed by atoms with Crippen LogP contribution in [0.25, 0.3) is 0 Å². The average Bonchev–Trinajstić information content (AvgIpc) is 2.71. The topological polar surface area (TPSA) is 101 Å². The van der Waals surface area contributed by atoms with Crippen molar-refractivity contribution >= 4 is 61.9 Å². The summed E-state index contributed by atoms with van der Waals surface area (Å²) in [4.78, 5) is 10.1. The normalized spacial score (nSPS) is 11.2. The Hall–Kier alpha value is -2.52. The molecule has 0 atom stereocenters. The van der Waals surface area contributed by atoms with Crippen LogP contribution >= 0.6 is 34.8 Å². The van der Waals surface area contributed by atoms with E-state index < -0.39 is 14.9 Å². The van der Waals surface area contributed by atoms with Crippen LogP contribution in [0.4, 0.5) is 17.1 Å². The minimum Gasteiger partial charge on any atom is -0.381 e. The molecular weight excluding hydrogens is 473 g/mol. The summed E-state index contributed by atoms with van der Waals surface area (Å²) in [5.74, 6) is 0. The Bertz CT molecular complexity index is 1180. The van der Waals surface area contributed by atoms with Gasteiger partial charge in [0.15, 0.2) is 0 Å². The van der Waals surface area contributed by atoms with E-state index in [1.807, 2.05) is 0 Å². The Balaban J connectivity index is 1.80. The molecule has 0 aromatic heterocycles. The molecule has 7 nitrogen and oxygen atoms in total. The quantitative estimate of drug-likeness (QED) is 0.243. The van der Waals surface area contributed by atoms with Gasteiger partial charge >= 0.3 is 0 Å². The second-order valence-electron chi connectivity index (χ2n) is 6.12. The Labute approximate surface area is 187 Å². The molecule has 0 spiro atoms. The number of nitro groups is 1. The molecular formula is C19H14Cl3N3O4S. The van der Waals surface area contributed by atoms with Crippen LogP contribution in [0.3, 0.4) is 0 Å². The first kappa shape index (κ1) is 22.2. The van der Waals surface area contributed by atoms with Gasteiger partial charge in [-0.1, -0.05) is 53.0 Å². The molecule has 0 saturated heterocycles. The Morgan fingerprint density at radius 1 is 0.933 bits per heavy atom. The molecule has 0 aliphatic carbocycles. The van der Waals surface area contributed by atoms with E-state index in [0.717, 1.165) is 12.1 Å². The van der Waals surface area contributed by atoms with Crippen LogP contribution in [-0.2, 0) is 16.6 Å². The number of hydrogen-bond acceptors (Lipinski definition) is 5. The summed E-state index contributed by atoms with van der Waals surface area (Å²) in [6.45, 7) is 0.271. The number of rotatable bonds is 7. The van der Waals surface area contributed by atoms with Crippen molar-refractivity contribution in [1.29, 1.82) is 0 Å². The predicted molar refractivity (Wildman–Crippen MR) is 119 cm³/mol. The lowest BCUT2D eigenvalue weighted by Gasteiger charge is -2.14. The molecule has 0 saturated carbocycles. The van der Waals surface area contributed by atoms with Crippen LogP contribution in [0.15, 0.2) is 65.6 Å². The van der Waals surface area contributed by atoms with Crippen molar-refractivity contribution < 1.29 is 13.3 Å². The maximum atomic E-state index is 12.7. The van der Waals surface area contributed by atoms with E-state index in [0.29, 0.717) is 27.0 Å². The van der Waals surface area contributed by atoms with Gasteiger partial charge in [0.05, 0.1) is 30.6 Å². The van der Waals surface area contributed by atoms with Gasteiger partial charge in [-0.15, -0.1) is 0 Å². The molecule has 3 aromatic carbocycles. The summed E-state index contributed by atoms with van der Waals surface area (Å²) >= 11 is 18.0. The Morgan fingerprint density at radius 2 is 1.53 bits per heavy atom. The molecule has 11 heteroatoms. The third kappa shape index (κ3) is 5.14. The standard InChI is InChI=1S/C19H14Cl3N3O4S/c20-16-9-13(10-17(21)19(16)22)23-11-12-3-1-2-4-18(12)24-30(28,29)15-7-5-14(6-8-15)25(26)27/h1-10,23-24H,11H2. The largest absolute Gasteiger partial charge is 0.381 e. The summed E-state index contributed by atoms with van der Waals surface area (Å²) in [6, 6.07) is 14.7. The summed E-state index contributed by atoms with van der Waals surface area (Å²) in [5, 5.41) is 14.7. The number of sulfonamides is 1. The van der Waals surface area contributed by atoms with Crippen molar-refractivity contribution in [3.63, 3.8) is 0 Å². The highest BCUT2D eigenvalue weighted by atomic mass is 35.5. The molecule has 2 N–H and O–H groups in total. The zero-order valence-corrected chi connectivity index (χ0v) is 18.2. The fraction of sp³-hybridized carbons (Fsp3) is 0.0526. The average molecular weight is 487 g/mol. The zero-order valence-electron chi connectivity index (χ0n) is 15.1. The summed E-state index contributed by atoms with van der Waals surface area (Å²) in [7, 11) is -3.94. The van der Waals surface area contributed by atoms with Crippen LogP contribution in [0.2, 0.25) is 15.1 Å². The molecule has 30 heavy (non-hydrogen) atoms. The van der Waals surface area contributed by atoms with E-state index in [4.69, 9.17) is 34.8 Å². The number of hydrogen-bond donors (Lipinski definition) is 2. The van der Waals surface area contributed by atoms with Gasteiger partial charge in [0.25, 0.3) is 15.7 Å². The first-order valence-electron chi connectivity index (χ1n) is 8.41. The first-order valence-corrected chi connectivity index (χ1v) is 11.0. The van der Waals surface area contributed by atoms with Crippen molar-refractivity contribution in [2.24, 2.45) is 0 Å². The number of nitro benzene ring substituents is 1. The minimum atomic E-state index is -3.94. The van der Waals surface area contributed by atoms with Crippen molar-refractivity contribution in [2.45, 2.75) is 11.4 Å². The van der Waals surface area contributed by atoms with Crippen molar-refractivity contribution in [2.75, 3.05) is 10.0 Å². The summed E-state index contributed by atoms with van der Waals surface area (Å²) in [6.07, 6.45) is 0. The maximum Gasteiger partial charge on any atom is 0.269 e. The lowest BCUT2D eigenvalue weighted by atomic mass is 10.2. The SMILES string of the molecule is O=[N+]([O-])c1ccc(S(=O)(=O)Nc2ccccc2CNc2cc(Cl)c(Cl)c(Cl)c2)cc1. The zero-order chi connectivity index (χ0) is 21.9. The van der Waals surface area contributed by atoms with Gasteiger partial charge in [0.2, 0.25) is 0 Å². The lowest BCUT2D eigenvalue weighted by Crippen LogP contribution is -2.15. The highest BCUT2D eigenvalue weighted by Gasteiger charge is 2.17. The molecule has 3 rings (SSSR count). The maximum absolute atomic E-state index is 12.7. The van der Waals surface area contributed by atoms with Crippen molar-refractivity contribution in [3.05, 3.63) is 91.4 Å². The van der Waals surface area contributed by atoms with Crippen molar-refractivity contribution in [3.8, 4) is 0 Å². The number of nitrogens with zero attached hydrogens (tertiary/aromatic N) is 1. The number of non-ortho nitro benzene ring substituents is 1. The van der Waals surface area contributed by atoms with E-state index in [-0.39, 0.29) is 22.2 Å². The van der Waals surface area contributed by atoms with E-state index in [1.54, 1.807) is 36.4 Å². The van der Waals surface area contributed by atoms with Gasteiger partial charge in [-0.3, -0.25) is 14.8 Å². The number of para-hydroxylation sites is 1. The number of benzene rings is 3. The molecule has 156 valence electrons.